The lowest BCUT2D eigenvalue weighted by molar-refractivity contribution is 0.182. The van der Waals surface area contributed by atoms with E-state index in [0.717, 1.165) is 36.8 Å². The number of aromatic nitrogens is 3. The molecule has 1 N–H and O–H groups in total. The van der Waals surface area contributed by atoms with E-state index in [0.29, 0.717) is 11.8 Å². The van der Waals surface area contributed by atoms with Crippen molar-refractivity contribution in [3.05, 3.63) is 10.6 Å². The lowest BCUT2D eigenvalue weighted by Gasteiger charge is -2.10. The van der Waals surface area contributed by atoms with E-state index in [1.165, 1.54) is 12.8 Å². The van der Waals surface area contributed by atoms with Crippen molar-refractivity contribution < 1.29 is 4.74 Å². The van der Waals surface area contributed by atoms with Gasteiger partial charge in [0.2, 0.25) is 0 Å². The molecule has 0 bridgehead atoms. The van der Waals surface area contributed by atoms with E-state index in [4.69, 9.17) is 17.0 Å². The van der Waals surface area contributed by atoms with Crippen LogP contribution in [0.15, 0.2) is 0 Å². The molecule has 1 saturated carbocycles. The summed E-state index contributed by atoms with van der Waals surface area (Å²) in [7, 11) is 0. The fraction of sp³-hybridized carbons (Fsp3) is 0.800. The zero-order valence-corrected chi connectivity index (χ0v) is 9.42. The largest absolute Gasteiger partial charge is 0.381 e. The minimum Gasteiger partial charge on any atom is -0.381 e. The Morgan fingerprint density at radius 1 is 1.47 bits per heavy atom. The van der Waals surface area contributed by atoms with Crippen LogP contribution < -0.4 is 0 Å². The zero-order chi connectivity index (χ0) is 10.3. The second-order valence-electron chi connectivity index (χ2n) is 4.50. The van der Waals surface area contributed by atoms with Gasteiger partial charge in [0.1, 0.15) is 5.82 Å². The summed E-state index contributed by atoms with van der Waals surface area (Å²) in [4.78, 5) is 0. The Labute approximate surface area is 93.6 Å². The predicted molar refractivity (Wildman–Crippen MR) is 58.3 cm³/mol. The first kappa shape index (κ1) is 9.54. The van der Waals surface area contributed by atoms with Gasteiger partial charge >= 0.3 is 0 Å². The monoisotopic (exact) mass is 225 g/mol. The molecule has 4 nitrogen and oxygen atoms in total. The average molecular weight is 225 g/mol. The molecule has 0 aromatic carbocycles. The minimum absolute atomic E-state index is 0.617. The molecule has 0 radical (unpaired) electrons. The molecule has 82 valence electrons. The molecule has 1 atom stereocenters. The van der Waals surface area contributed by atoms with E-state index < -0.39 is 0 Å². The third kappa shape index (κ3) is 1.86. The molecule has 3 rings (SSSR count). The van der Waals surface area contributed by atoms with Gasteiger partial charge in [-0.1, -0.05) is 0 Å². The molecule has 0 amide bonds. The van der Waals surface area contributed by atoms with Crippen molar-refractivity contribution in [1.29, 1.82) is 0 Å². The van der Waals surface area contributed by atoms with E-state index in [9.17, 15) is 0 Å². The smallest absolute Gasteiger partial charge is 0.195 e. The van der Waals surface area contributed by atoms with Gasteiger partial charge in [-0.25, -0.2) is 0 Å². The average Bonchev–Trinajstić information content (AvgIpc) is 2.82. The summed E-state index contributed by atoms with van der Waals surface area (Å²) in [6.45, 7) is 2.74. The third-order valence-corrected chi connectivity index (χ3v) is 3.51. The van der Waals surface area contributed by atoms with Gasteiger partial charge in [0.25, 0.3) is 0 Å². The molecule has 1 aliphatic carbocycles. The fourth-order valence-electron chi connectivity index (χ4n) is 2.15. The number of aromatic amines is 1. The van der Waals surface area contributed by atoms with Crippen molar-refractivity contribution >= 4 is 12.2 Å². The molecular formula is C10H15N3OS. The van der Waals surface area contributed by atoms with E-state index in [1.54, 1.807) is 0 Å². The van der Waals surface area contributed by atoms with Crippen LogP contribution in [0, 0.1) is 10.7 Å². The van der Waals surface area contributed by atoms with Crippen LogP contribution in [-0.2, 0) is 11.3 Å². The van der Waals surface area contributed by atoms with Crippen LogP contribution in [0.2, 0.25) is 0 Å². The maximum absolute atomic E-state index is 5.38. The Hall–Kier alpha value is -0.680. The first-order chi connectivity index (χ1) is 7.34. The predicted octanol–water partition coefficient (Wildman–Crippen LogP) is 1.85. The van der Waals surface area contributed by atoms with Crippen LogP contribution in [-0.4, -0.2) is 28.0 Å². The Morgan fingerprint density at radius 2 is 2.33 bits per heavy atom. The van der Waals surface area contributed by atoms with Gasteiger partial charge in [0.15, 0.2) is 4.77 Å². The second kappa shape index (κ2) is 3.72. The standard InChI is InChI=1S/C10H15N3OS/c15-10-12-11-9(8-1-2-8)13(10)5-7-3-4-14-6-7/h7-8H,1-6H2,(H,12,15). The van der Waals surface area contributed by atoms with Gasteiger partial charge in [-0.15, -0.1) is 0 Å². The van der Waals surface area contributed by atoms with E-state index in [2.05, 4.69) is 14.8 Å². The first-order valence-electron chi connectivity index (χ1n) is 5.57. The second-order valence-corrected chi connectivity index (χ2v) is 4.89. The van der Waals surface area contributed by atoms with Crippen LogP contribution in [0.5, 0.6) is 0 Å². The Kier molecular flexibility index (Phi) is 2.36. The van der Waals surface area contributed by atoms with Crippen LogP contribution in [0.1, 0.15) is 31.0 Å². The highest BCUT2D eigenvalue weighted by molar-refractivity contribution is 7.71. The summed E-state index contributed by atoms with van der Waals surface area (Å²) in [6, 6.07) is 0. The van der Waals surface area contributed by atoms with Gasteiger partial charge in [0, 0.05) is 25.0 Å². The normalized spacial score (nSPS) is 26.0. The van der Waals surface area contributed by atoms with Crippen LogP contribution in [0.25, 0.3) is 0 Å². The molecule has 2 aliphatic rings. The summed E-state index contributed by atoms with van der Waals surface area (Å²) in [5.41, 5.74) is 0. The van der Waals surface area contributed by atoms with Crippen molar-refractivity contribution in [3.63, 3.8) is 0 Å². The summed E-state index contributed by atoms with van der Waals surface area (Å²) < 4.78 is 8.32. The zero-order valence-electron chi connectivity index (χ0n) is 8.61. The summed E-state index contributed by atoms with van der Waals surface area (Å²) in [6.07, 6.45) is 3.68. The number of rotatable bonds is 3. The van der Waals surface area contributed by atoms with Crippen molar-refractivity contribution in [2.24, 2.45) is 5.92 Å². The summed E-state index contributed by atoms with van der Waals surface area (Å²) >= 11 is 5.26. The fourth-order valence-corrected chi connectivity index (χ4v) is 2.36. The maximum Gasteiger partial charge on any atom is 0.195 e. The molecule has 1 aromatic rings. The van der Waals surface area contributed by atoms with Crippen molar-refractivity contribution in [2.45, 2.75) is 31.7 Å². The molecule has 2 fully saturated rings. The summed E-state index contributed by atoms with van der Waals surface area (Å²) in [5.74, 6) is 2.43. The van der Waals surface area contributed by atoms with Crippen LogP contribution in [0.4, 0.5) is 0 Å². The van der Waals surface area contributed by atoms with Gasteiger partial charge in [-0.05, 0) is 31.5 Å². The molecular weight excluding hydrogens is 210 g/mol. The first-order valence-corrected chi connectivity index (χ1v) is 5.98. The maximum atomic E-state index is 5.38. The molecule has 1 aromatic heterocycles. The van der Waals surface area contributed by atoms with Gasteiger partial charge < -0.3 is 9.30 Å². The van der Waals surface area contributed by atoms with Crippen LogP contribution >= 0.6 is 12.2 Å². The Balaban J connectivity index is 1.82. The van der Waals surface area contributed by atoms with Gasteiger partial charge in [0.05, 0.1) is 6.61 Å². The van der Waals surface area contributed by atoms with E-state index in [-0.39, 0.29) is 0 Å². The highest BCUT2D eigenvalue weighted by Crippen LogP contribution is 2.39. The Morgan fingerprint density at radius 3 is 3.00 bits per heavy atom. The van der Waals surface area contributed by atoms with E-state index in [1.807, 2.05) is 0 Å². The van der Waals surface area contributed by atoms with Crippen LogP contribution in [0.3, 0.4) is 0 Å². The van der Waals surface area contributed by atoms with Crippen molar-refractivity contribution in [2.75, 3.05) is 13.2 Å². The van der Waals surface area contributed by atoms with Gasteiger partial charge in [-0.3, -0.25) is 5.10 Å². The van der Waals surface area contributed by atoms with Gasteiger partial charge in [-0.2, -0.15) is 5.10 Å². The molecule has 1 aliphatic heterocycles. The lowest BCUT2D eigenvalue weighted by Crippen LogP contribution is -2.13. The van der Waals surface area contributed by atoms with Crippen molar-refractivity contribution in [3.8, 4) is 0 Å². The minimum atomic E-state index is 0.617. The molecule has 0 spiro atoms. The molecule has 1 unspecified atom stereocenters. The highest BCUT2D eigenvalue weighted by Gasteiger charge is 2.30. The number of ether oxygens (including phenoxy) is 1. The molecule has 5 heteroatoms. The lowest BCUT2D eigenvalue weighted by atomic mass is 10.1. The SMILES string of the molecule is S=c1[nH]nc(C2CC2)n1CC1CCOC1. The number of hydrogen-bond donors (Lipinski definition) is 1. The molecule has 1 saturated heterocycles. The Bertz CT molecular complexity index is 401. The van der Waals surface area contributed by atoms with Crippen molar-refractivity contribution in [1.82, 2.24) is 14.8 Å². The number of nitrogens with zero attached hydrogens (tertiary/aromatic N) is 2. The molecule has 15 heavy (non-hydrogen) atoms. The van der Waals surface area contributed by atoms with E-state index >= 15 is 0 Å². The summed E-state index contributed by atoms with van der Waals surface area (Å²) in [5, 5.41) is 7.23. The number of nitrogens with one attached hydrogen (secondary N) is 1. The molecule has 2 heterocycles. The topological polar surface area (TPSA) is 42.8 Å². The number of hydrogen-bond acceptors (Lipinski definition) is 3. The quantitative estimate of drug-likeness (QED) is 0.798. The number of H-pyrrole nitrogens is 1. The highest BCUT2D eigenvalue weighted by atomic mass is 32.1. The third-order valence-electron chi connectivity index (χ3n) is 3.20.